The zero-order valence-corrected chi connectivity index (χ0v) is 16.9. The van der Waals surface area contributed by atoms with Crippen LogP contribution in [0.15, 0.2) is 0 Å². The first-order valence-electron chi connectivity index (χ1n) is 4.50. The van der Waals surface area contributed by atoms with Gasteiger partial charge in [-0.1, -0.05) is 58.9 Å². The molecule has 0 aromatic rings. The van der Waals surface area contributed by atoms with E-state index in [-0.39, 0.29) is 51.7 Å². The molecule has 0 nitrogen and oxygen atoms in total. The Hall–Kier alpha value is 1.45. The second-order valence-electron chi connectivity index (χ2n) is 4.50. The monoisotopic (exact) mass is 341 g/mol. The zero-order valence-electron chi connectivity index (χ0n) is 11.0. The third kappa shape index (κ3) is 839. The summed E-state index contributed by atoms with van der Waals surface area (Å²) in [6.45, 7) is 20.4. The summed E-state index contributed by atoms with van der Waals surface area (Å²) in [5.41, 5.74) is 0. The van der Waals surface area contributed by atoms with E-state index in [0.717, 1.165) is 0 Å². The van der Waals surface area contributed by atoms with Crippen LogP contribution in [0.3, 0.4) is 0 Å². The molecule has 0 spiro atoms. The third-order valence-electron chi connectivity index (χ3n) is 0. The Bertz CT molecular complexity index is 48.5. The fourth-order valence-corrected chi connectivity index (χ4v) is 0. The Morgan fingerprint density at radius 3 is 0.462 bits per heavy atom. The van der Waals surface area contributed by atoms with E-state index in [1.54, 1.807) is 0 Å². The average molecular weight is 340 g/mol. The Labute approximate surface area is 110 Å². The maximum atomic E-state index is 2.27. The van der Waals surface area contributed by atoms with Crippen molar-refractivity contribution < 1.29 is 1.43 Å². The van der Waals surface area contributed by atoms with E-state index in [1.165, 1.54) is 0 Å². The van der Waals surface area contributed by atoms with Gasteiger partial charge in [0, 0.05) is 51.7 Å². The van der Waals surface area contributed by atoms with Crippen LogP contribution in [0.5, 0.6) is 0 Å². The SMILES string of the molecule is C[Si](C)C.C[Si](C)C.C[Si](C)C.[HH].[Sn]. The second kappa shape index (κ2) is 19.1. The topological polar surface area (TPSA) is 0 Å². The van der Waals surface area contributed by atoms with E-state index in [2.05, 4.69) is 58.9 Å². The molecule has 0 N–H and O–H groups in total. The maximum Gasteiger partial charge on any atom is 0.0379 e. The van der Waals surface area contributed by atoms with Crippen molar-refractivity contribution in [2.75, 3.05) is 0 Å². The van der Waals surface area contributed by atoms with Crippen molar-refractivity contribution in [3.8, 4) is 0 Å². The Morgan fingerprint density at radius 1 is 0.462 bits per heavy atom. The van der Waals surface area contributed by atoms with Gasteiger partial charge >= 0.3 is 0 Å². The molecule has 0 heterocycles. The second-order valence-corrected chi connectivity index (χ2v) is 13.5. The molecular weight excluding hydrogens is 311 g/mol. The van der Waals surface area contributed by atoms with Gasteiger partial charge in [-0.3, -0.25) is 0 Å². The summed E-state index contributed by atoms with van der Waals surface area (Å²) in [6, 6.07) is 0. The molecule has 7 radical (unpaired) electrons. The standard InChI is InChI=1S/3C3H9Si.Sn.H2/c3*1-4(2)3;;/h3*1-3H3;;1H. The summed E-state index contributed by atoms with van der Waals surface area (Å²) in [7, 11) is 0.361. The minimum atomic E-state index is 0. The van der Waals surface area contributed by atoms with Gasteiger partial charge < -0.3 is 0 Å². The number of hydrogen-bond donors (Lipinski definition) is 0. The van der Waals surface area contributed by atoms with Crippen LogP contribution in [0.1, 0.15) is 1.43 Å². The molecule has 0 atom stereocenters. The summed E-state index contributed by atoms with van der Waals surface area (Å²) in [5, 5.41) is 0. The van der Waals surface area contributed by atoms with Gasteiger partial charge in [-0.2, -0.15) is 0 Å². The molecule has 0 aromatic carbocycles. The van der Waals surface area contributed by atoms with Crippen LogP contribution in [0.4, 0.5) is 0 Å². The van der Waals surface area contributed by atoms with Crippen molar-refractivity contribution in [3.63, 3.8) is 0 Å². The summed E-state index contributed by atoms with van der Waals surface area (Å²) in [6.07, 6.45) is 0. The van der Waals surface area contributed by atoms with Crippen LogP contribution in [0, 0.1) is 0 Å². The first kappa shape index (κ1) is 23.9. The molecule has 0 aliphatic carbocycles. The summed E-state index contributed by atoms with van der Waals surface area (Å²) >= 11 is 0. The van der Waals surface area contributed by atoms with Crippen molar-refractivity contribution in [2.45, 2.75) is 58.9 Å². The third-order valence-corrected chi connectivity index (χ3v) is 0. The van der Waals surface area contributed by atoms with Crippen LogP contribution in [0.25, 0.3) is 0 Å². The largest absolute Gasteiger partial charge is 0.0715 e. The van der Waals surface area contributed by atoms with Gasteiger partial charge in [0.25, 0.3) is 0 Å². The van der Waals surface area contributed by atoms with Crippen LogP contribution < -0.4 is 0 Å². The molecule has 0 bridgehead atoms. The summed E-state index contributed by atoms with van der Waals surface area (Å²) < 4.78 is 0. The molecule has 0 aliphatic rings. The normalized spacial score (nSPS) is 8.31. The van der Waals surface area contributed by atoms with Gasteiger partial charge in [0.2, 0.25) is 0 Å². The van der Waals surface area contributed by atoms with E-state index in [0.29, 0.717) is 0 Å². The maximum absolute atomic E-state index is 2.27. The van der Waals surface area contributed by atoms with Gasteiger partial charge in [0.05, 0.1) is 0 Å². The molecule has 0 fully saturated rings. The van der Waals surface area contributed by atoms with Gasteiger partial charge in [-0.05, 0) is 0 Å². The molecule has 13 heavy (non-hydrogen) atoms. The predicted octanol–water partition coefficient (Wildman–Crippen LogP) is 3.98. The zero-order chi connectivity index (χ0) is 10.7. The predicted molar refractivity (Wildman–Crippen MR) is 77.9 cm³/mol. The smallest absolute Gasteiger partial charge is 0.0379 e. The van der Waals surface area contributed by atoms with E-state index in [4.69, 9.17) is 0 Å². The van der Waals surface area contributed by atoms with E-state index >= 15 is 0 Å². The number of rotatable bonds is 0. The van der Waals surface area contributed by atoms with Crippen LogP contribution in [-0.2, 0) is 0 Å². The van der Waals surface area contributed by atoms with E-state index in [1.807, 2.05) is 0 Å². The Morgan fingerprint density at radius 2 is 0.462 bits per heavy atom. The fraction of sp³-hybridized carbons (Fsp3) is 1.00. The molecule has 0 aromatic heterocycles. The summed E-state index contributed by atoms with van der Waals surface area (Å²) in [5.74, 6) is 0. The first-order chi connectivity index (χ1) is 5.20. The molecule has 4 heteroatoms. The molecule has 0 amide bonds. The van der Waals surface area contributed by atoms with Gasteiger partial charge in [0.1, 0.15) is 0 Å². The Balaban J connectivity index is -0.0000000270. The van der Waals surface area contributed by atoms with Crippen molar-refractivity contribution >= 4 is 50.3 Å². The summed E-state index contributed by atoms with van der Waals surface area (Å²) in [4.78, 5) is 0. The van der Waals surface area contributed by atoms with Gasteiger partial charge in [-0.15, -0.1) is 0 Å². The molecule has 0 unspecified atom stereocenters. The first-order valence-corrected chi connectivity index (χ1v) is 13.5. The molecule has 81 valence electrons. The van der Waals surface area contributed by atoms with Gasteiger partial charge in [-0.25, -0.2) is 0 Å². The van der Waals surface area contributed by atoms with Crippen molar-refractivity contribution in [1.29, 1.82) is 0 Å². The van der Waals surface area contributed by atoms with Crippen LogP contribution in [0.2, 0.25) is 58.9 Å². The van der Waals surface area contributed by atoms with Gasteiger partial charge in [0.15, 0.2) is 0 Å². The number of hydrogen-bond acceptors (Lipinski definition) is 0. The molecule has 0 aliphatic heterocycles. The Kier molecular flexibility index (Phi) is 35.2. The molecular formula is C9H29Si3Sn. The van der Waals surface area contributed by atoms with E-state index < -0.39 is 0 Å². The average Bonchev–Trinajstić information content (AvgIpc) is 1.54. The molecule has 0 rings (SSSR count). The molecule has 0 saturated heterocycles. The minimum Gasteiger partial charge on any atom is -0.0715 e. The fourth-order valence-electron chi connectivity index (χ4n) is 0. The minimum absolute atomic E-state index is 0. The van der Waals surface area contributed by atoms with Crippen molar-refractivity contribution in [1.82, 2.24) is 0 Å². The van der Waals surface area contributed by atoms with E-state index in [9.17, 15) is 0 Å². The quantitative estimate of drug-likeness (QED) is 0.585. The van der Waals surface area contributed by atoms with Crippen LogP contribution in [-0.4, -0.2) is 50.3 Å². The van der Waals surface area contributed by atoms with Crippen LogP contribution >= 0.6 is 0 Å². The van der Waals surface area contributed by atoms with Crippen molar-refractivity contribution in [2.24, 2.45) is 0 Å². The molecule has 0 saturated carbocycles. The van der Waals surface area contributed by atoms with Crippen molar-refractivity contribution in [3.05, 3.63) is 0 Å².